The molecule has 0 fully saturated rings. The molecule has 166 valence electrons. The third-order valence-corrected chi connectivity index (χ3v) is 4.96. The summed E-state index contributed by atoms with van der Waals surface area (Å²) in [5, 5.41) is 2.06. The number of benzene rings is 2. The Morgan fingerprint density at radius 1 is 0.871 bits per heavy atom. The van der Waals surface area contributed by atoms with Crippen LogP contribution < -0.4 is 9.47 Å². The van der Waals surface area contributed by atoms with Crippen LogP contribution in [0.15, 0.2) is 48.6 Å². The second-order valence-corrected chi connectivity index (χ2v) is 7.26. The van der Waals surface area contributed by atoms with Gasteiger partial charge in [-0.15, -0.1) is 0 Å². The number of carbonyl (C=O) groups is 1. The van der Waals surface area contributed by atoms with Crippen LogP contribution in [-0.2, 0) is 31.8 Å². The molecule has 1 aliphatic carbocycles. The monoisotopic (exact) mass is 426 g/mol. The van der Waals surface area contributed by atoms with Gasteiger partial charge in [0.1, 0.15) is 31.3 Å². The molecule has 0 radical (unpaired) electrons. The van der Waals surface area contributed by atoms with Crippen molar-refractivity contribution in [2.45, 2.75) is 19.8 Å². The van der Waals surface area contributed by atoms with Crippen LogP contribution in [0.2, 0.25) is 0 Å². The maximum absolute atomic E-state index is 11.4. The van der Waals surface area contributed by atoms with Gasteiger partial charge in [0, 0.05) is 34.6 Å². The van der Waals surface area contributed by atoms with Gasteiger partial charge in [-0.1, -0.05) is 43.0 Å². The molecule has 31 heavy (non-hydrogen) atoms. The van der Waals surface area contributed by atoms with E-state index in [0.717, 1.165) is 40.7 Å². The molecule has 0 N–H and O–H groups in total. The first-order chi connectivity index (χ1) is 15.1. The van der Waals surface area contributed by atoms with E-state index in [1.165, 1.54) is 5.56 Å². The van der Waals surface area contributed by atoms with Crippen molar-refractivity contribution in [2.24, 2.45) is 0 Å². The molecule has 6 nitrogen and oxygen atoms in total. The average Bonchev–Trinajstić information content (AvgIpc) is 2.79. The maximum Gasteiger partial charge on any atom is 0.333 e. The summed E-state index contributed by atoms with van der Waals surface area (Å²) < 4.78 is 28.1. The summed E-state index contributed by atoms with van der Waals surface area (Å²) in [6.45, 7) is 7.52. The Morgan fingerprint density at radius 3 is 1.97 bits per heavy atom. The number of methoxy groups -OCH3 is 1. The summed E-state index contributed by atoms with van der Waals surface area (Å²) >= 11 is 0. The number of ether oxygens (including phenoxy) is 5. The van der Waals surface area contributed by atoms with Gasteiger partial charge in [0.2, 0.25) is 0 Å². The molecule has 0 aliphatic heterocycles. The van der Waals surface area contributed by atoms with E-state index in [0.29, 0.717) is 38.6 Å². The Morgan fingerprint density at radius 2 is 1.42 bits per heavy atom. The molecule has 0 aromatic heterocycles. The molecule has 1 aliphatic rings. The second-order valence-electron chi connectivity index (χ2n) is 7.26. The van der Waals surface area contributed by atoms with Crippen LogP contribution >= 0.6 is 0 Å². The van der Waals surface area contributed by atoms with Crippen molar-refractivity contribution >= 4 is 16.7 Å². The summed E-state index contributed by atoms with van der Waals surface area (Å²) in [6, 6.07) is 8.14. The first kappa shape index (κ1) is 22.8. The fourth-order valence-corrected chi connectivity index (χ4v) is 3.49. The molecule has 0 atom stereocenters. The van der Waals surface area contributed by atoms with Crippen molar-refractivity contribution in [3.63, 3.8) is 0 Å². The number of esters is 1. The number of fused-ring (bicyclic) bond motifs is 2. The lowest BCUT2D eigenvalue weighted by molar-refractivity contribution is -0.140. The zero-order chi connectivity index (χ0) is 22.1. The molecule has 0 amide bonds. The molecule has 0 bridgehead atoms. The summed E-state index contributed by atoms with van der Waals surface area (Å²) in [5.74, 6) is 1.39. The van der Waals surface area contributed by atoms with Crippen molar-refractivity contribution < 1.29 is 28.5 Å². The largest absolute Gasteiger partial charge is 0.490 e. The number of allylic oxidation sites excluding steroid dienone is 2. The van der Waals surface area contributed by atoms with Gasteiger partial charge in [0.25, 0.3) is 0 Å². The van der Waals surface area contributed by atoms with Crippen molar-refractivity contribution in [2.75, 3.05) is 46.8 Å². The summed E-state index contributed by atoms with van der Waals surface area (Å²) in [4.78, 5) is 11.4. The number of hydrogen-bond acceptors (Lipinski definition) is 6. The molecular formula is C25H30O6. The minimum atomic E-state index is -0.404. The van der Waals surface area contributed by atoms with Gasteiger partial charge in [0.15, 0.2) is 0 Å². The highest BCUT2D eigenvalue weighted by Crippen LogP contribution is 2.43. The first-order valence-corrected chi connectivity index (χ1v) is 10.5. The third-order valence-electron chi connectivity index (χ3n) is 4.96. The van der Waals surface area contributed by atoms with Crippen molar-refractivity contribution in [3.8, 4) is 11.5 Å². The summed E-state index contributed by atoms with van der Waals surface area (Å²) in [5.41, 5.74) is 2.70. The third kappa shape index (κ3) is 5.87. The van der Waals surface area contributed by atoms with Gasteiger partial charge in [-0.25, -0.2) is 4.79 Å². The van der Waals surface area contributed by atoms with Crippen LogP contribution in [0, 0.1) is 0 Å². The summed E-state index contributed by atoms with van der Waals surface area (Å²) in [6.07, 6.45) is 5.94. The van der Waals surface area contributed by atoms with Crippen LogP contribution in [0.5, 0.6) is 11.5 Å². The molecule has 3 rings (SSSR count). The van der Waals surface area contributed by atoms with Crippen molar-refractivity contribution in [1.82, 2.24) is 0 Å². The van der Waals surface area contributed by atoms with E-state index in [1.54, 1.807) is 14.0 Å². The second kappa shape index (κ2) is 11.5. The molecule has 2 aromatic carbocycles. The Kier molecular flexibility index (Phi) is 8.50. The molecule has 0 saturated carbocycles. The van der Waals surface area contributed by atoms with Gasteiger partial charge in [-0.2, -0.15) is 0 Å². The first-order valence-electron chi connectivity index (χ1n) is 10.5. The smallest absolute Gasteiger partial charge is 0.333 e. The van der Waals surface area contributed by atoms with E-state index in [1.807, 2.05) is 12.1 Å². The van der Waals surface area contributed by atoms with Gasteiger partial charge < -0.3 is 23.7 Å². The number of hydrogen-bond donors (Lipinski definition) is 0. The Hall–Kier alpha value is -2.83. The van der Waals surface area contributed by atoms with Crippen LogP contribution in [0.1, 0.15) is 18.1 Å². The Bertz CT molecular complexity index is 947. The lowest BCUT2D eigenvalue weighted by Gasteiger charge is -2.23. The minimum Gasteiger partial charge on any atom is -0.490 e. The minimum absolute atomic E-state index is 0.197. The number of carbonyl (C=O) groups excluding carboxylic acids is 1. The molecule has 0 heterocycles. The highest BCUT2D eigenvalue weighted by molar-refractivity contribution is 5.96. The van der Waals surface area contributed by atoms with Crippen LogP contribution in [0.4, 0.5) is 0 Å². The zero-order valence-corrected chi connectivity index (χ0v) is 18.3. The van der Waals surface area contributed by atoms with Gasteiger partial charge >= 0.3 is 5.97 Å². The standard InChI is InChI=1S/C25H30O6/c1-18(2)25(26)31-17-14-28-13-16-30-24-21-10-6-4-8-19(21)23(29-15-12-27-3)20-9-5-7-11-22(20)24/h4-8,10H,1,9,11-17H2,2-3H3. The predicted molar refractivity (Wildman–Crippen MR) is 120 cm³/mol. The van der Waals surface area contributed by atoms with E-state index in [9.17, 15) is 4.79 Å². The highest BCUT2D eigenvalue weighted by atomic mass is 16.6. The number of rotatable bonds is 12. The molecule has 0 saturated heterocycles. The predicted octanol–water partition coefficient (Wildman–Crippen LogP) is 4.03. The summed E-state index contributed by atoms with van der Waals surface area (Å²) in [7, 11) is 1.67. The van der Waals surface area contributed by atoms with E-state index >= 15 is 0 Å². The average molecular weight is 427 g/mol. The zero-order valence-electron chi connectivity index (χ0n) is 18.3. The normalized spacial score (nSPS) is 12.5. The topological polar surface area (TPSA) is 63.2 Å². The quantitative estimate of drug-likeness (QED) is 0.221. The molecule has 0 spiro atoms. The Labute approximate surface area is 183 Å². The molecule has 2 aromatic rings. The fraction of sp³-hybridized carbons (Fsp3) is 0.400. The van der Waals surface area contributed by atoms with Gasteiger partial charge in [0.05, 0.1) is 19.8 Å². The molecular weight excluding hydrogens is 396 g/mol. The van der Waals surface area contributed by atoms with Gasteiger partial charge in [-0.05, 0) is 19.8 Å². The van der Waals surface area contributed by atoms with E-state index in [2.05, 4.69) is 30.9 Å². The lowest BCUT2D eigenvalue weighted by Crippen LogP contribution is -2.15. The maximum atomic E-state index is 11.4. The van der Waals surface area contributed by atoms with E-state index < -0.39 is 5.97 Å². The Balaban J connectivity index is 1.69. The molecule has 6 heteroatoms. The lowest BCUT2D eigenvalue weighted by atomic mass is 9.90. The van der Waals surface area contributed by atoms with Crippen molar-refractivity contribution in [1.29, 1.82) is 0 Å². The van der Waals surface area contributed by atoms with Crippen LogP contribution in [0.3, 0.4) is 0 Å². The van der Waals surface area contributed by atoms with E-state index in [4.69, 9.17) is 23.7 Å². The SMILES string of the molecule is C=C(C)C(=O)OCCOCCOc1c2c(c(OCCOC)c3ccccc13)CC=CC2. The van der Waals surface area contributed by atoms with Crippen LogP contribution in [-0.4, -0.2) is 52.7 Å². The van der Waals surface area contributed by atoms with Gasteiger partial charge in [-0.3, -0.25) is 0 Å². The van der Waals surface area contributed by atoms with Crippen molar-refractivity contribution in [3.05, 3.63) is 59.7 Å². The highest BCUT2D eigenvalue weighted by Gasteiger charge is 2.22. The van der Waals surface area contributed by atoms with Crippen LogP contribution in [0.25, 0.3) is 10.8 Å². The van der Waals surface area contributed by atoms with E-state index in [-0.39, 0.29) is 6.61 Å². The fourth-order valence-electron chi connectivity index (χ4n) is 3.49. The molecule has 0 unspecified atom stereocenters.